The third kappa shape index (κ3) is 22.3. The smallest absolute Gasteiger partial charge is 0.330 e. The third-order valence-corrected chi connectivity index (χ3v) is 27.6. The molecular formula is C56H104O10Si4. The molecule has 0 aromatic rings. The minimum absolute atomic E-state index is 0.0599. The molecule has 0 bridgehead atoms. The second-order valence-electron chi connectivity index (χ2n) is 26.5. The number of carbonyl (C=O) groups excluding carboxylic acids is 3. The summed E-state index contributed by atoms with van der Waals surface area (Å²) >= 11 is 0. The van der Waals surface area contributed by atoms with Crippen molar-refractivity contribution in [2.24, 2.45) is 11.8 Å². The van der Waals surface area contributed by atoms with Crippen LogP contribution in [-0.2, 0) is 46.9 Å². The average molecular weight is 1050 g/mol. The lowest BCUT2D eigenvalue weighted by molar-refractivity contribution is -0.308. The van der Waals surface area contributed by atoms with E-state index in [0.717, 1.165) is 49.8 Å². The molecule has 0 aromatic heterocycles. The van der Waals surface area contributed by atoms with Gasteiger partial charge in [0.15, 0.2) is 22.4 Å². The van der Waals surface area contributed by atoms with Crippen molar-refractivity contribution < 1.29 is 46.9 Å². The van der Waals surface area contributed by atoms with E-state index in [2.05, 4.69) is 153 Å². The predicted octanol–water partition coefficient (Wildman–Crippen LogP) is 15.1. The topological polar surface area (TPSA) is 116 Å². The Morgan fingerprint density at radius 3 is 1.90 bits per heavy atom. The van der Waals surface area contributed by atoms with Gasteiger partial charge in [0, 0.05) is 47.6 Å². The molecule has 70 heavy (non-hydrogen) atoms. The molecule has 0 radical (unpaired) electrons. The molecule has 1 spiro atoms. The monoisotopic (exact) mass is 1050 g/mol. The van der Waals surface area contributed by atoms with Crippen LogP contribution in [0.25, 0.3) is 0 Å². The zero-order valence-corrected chi connectivity index (χ0v) is 52.5. The maximum atomic E-state index is 13.7. The van der Waals surface area contributed by atoms with Crippen LogP contribution in [0.15, 0.2) is 47.6 Å². The highest BCUT2D eigenvalue weighted by Crippen LogP contribution is 2.51. The number of ether oxygens (including phenoxy) is 5. The van der Waals surface area contributed by atoms with Gasteiger partial charge < -0.3 is 32.5 Å². The molecule has 0 N–H and O–H groups in total. The van der Waals surface area contributed by atoms with Crippen LogP contribution in [0.1, 0.15) is 140 Å². The van der Waals surface area contributed by atoms with Crippen molar-refractivity contribution in [3.8, 4) is 0 Å². The van der Waals surface area contributed by atoms with Gasteiger partial charge in [-0.15, -0.1) is 0 Å². The van der Waals surface area contributed by atoms with E-state index in [1.807, 2.05) is 19.1 Å². The van der Waals surface area contributed by atoms with Gasteiger partial charge in [-0.2, -0.15) is 0 Å². The molecule has 0 aromatic carbocycles. The molecule has 2 heterocycles. The van der Waals surface area contributed by atoms with Crippen molar-refractivity contribution >= 4 is 50.7 Å². The molecule has 0 amide bonds. The Balaban J connectivity index is 2.42. The zero-order valence-electron chi connectivity index (χ0n) is 48.5. The summed E-state index contributed by atoms with van der Waals surface area (Å²) in [6.45, 7) is 48.5. The van der Waals surface area contributed by atoms with E-state index in [1.165, 1.54) is 6.08 Å². The van der Waals surface area contributed by atoms with Crippen molar-refractivity contribution in [1.82, 2.24) is 0 Å². The summed E-state index contributed by atoms with van der Waals surface area (Å²) in [6, 6.07) is 1.75. The Morgan fingerprint density at radius 1 is 0.757 bits per heavy atom. The summed E-state index contributed by atoms with van der Waals surface area (Å²) in [4.78, 5) is 39.2. The van der Waals surface area contributed by atoms with E-state index in [1.54, 1.807) is 0 Å². The maximum Gasteiger partial charge on any atom is 0.330 e. The fourth-order valence-electron chi connectivity index (χ4n) is 7.87. The van der Waals surface area contributed by atoms with Gasteiger partial charge in [0.2, 0.25) is 0 Å². The number of esters is 3. The summed E-state index contributed by atoms with van der Waals surface area (Å²) < 4.78 is 45.6. The number of hydrogen-bond acceptors (Lipinski definition) is 10. The lowest BCUT2D eigenvalue weighted by Crippen LogP contribution is -2.50. The van der Waals surface area contributed by atoms with Crippen LogP contribution >= 0.6 is 0 Å². The summed E-state index contributed by atoms with van der Waals surface area (Å²) in [5, 5.41) is 0.205. The van der Waals surface area contributed by atoms with Gasteiger partial charge in [0.1, 0.15) is 11.7 Å². The summed E-state index contributed by atoms with van der Waals surface area (Å²) in [5.41, 5.74) is 0.957. The lowest BCUT2D eigenvalue weighted by Gasteiger charge is -2.44. The molecular weight excluding hydrogens is 945 g/mol. The highest BCUT2D eigenvalue weighted by molar-refractivity contribution is 6.76. The molecule has 404 valence electrons. The Kier molecular flexibility index (Phi) is 24.8. The minimum atomic E-state index is -2.09. The molecule has 2 rings (SSSR count). The van der Waals surface area contributed by atoms with E-state index in [4.69, 9.17) is 32.5 Å². The molecule has 14 heteroatoms. The van der Waals surface area contributed by atoms with Crippen molar-refractivity contribution in [3.05, 3.63) is 47.6 Å². The van der Waals surface area contributed by atoms with Gasteiger partial charge in [-0.05, 0) is 105 Å². The molecule has 0 saturated carbocycles. The summed E-state index contributed by atoms with van der Waals surface area (Å²) in [7, 11) is -6.77. The van der Waals surface area contributed by atoms with E-state index in [-0.39, 0.29) is 41.0 Å². The van der Waals surface area contributed by atoms with E-state index in [9.17, 15) is 14.4 Å². The number of rotatable bonds is 27. The molecule has 2 aliphatic heterocycles. The molecule has 2 fully saturated rings. The van der Waals surface area contributed by atoms with E-state index < -0.39 is 68.2 Å². The maximum absolute atomic E-state index is 13.7. The van der Waals surface area contributed by atoms with Crippen LogP contribution in [0.4, 0.5) is 0 Å². The second-order valence-corrected chi connectivity index (χ2v) is 47.3. The third-order valence-electron chi connectivity index (χ3n) is 15.2. The van der Waals surface area contributed by atoms with Gasteiger partial charge in [-0.25, -0.2) is 4.79 Å². The van der Waals surface area contributed by atoms with Gasteiger partial charge in [-0.3, -0.25) is 9.59 Å². The molecule has 2 aliphatic rings. The number of allylic oxidation sites excluding steroid dienone is 4. The van der Waals surface area contributed by atoms with Gasteiger partial charge in [0.05, 0.1) is 38.3 Å². The Morgan fingerprint density at radius 2 is 1.33 bits per heavy atom. The first-order valence-electron chi connectivity index (χ1n) is 26.9. The van der Waals surface area contributed by atoms with Crippen LogP contribution in [-0.4, -0.2) is 100 Å². The first kappa shape index (κ1) is 64.2. The minimum Gasteiger partial charge on any atom is -0.466 e. The largest absolute Gasteiger partial charge is 0.466 e. The zero-order chi connectivity index (χ0) is 53.6. The number of carbonyl (C=O) groups is 3. The van der Waals surface area contributed by atoms with Crippen molar-refractivity contribution in [1.29, 1.82) is 0 Å². The standard InChI is InChI=1S/C56H104O10Si4/c1-22-23-33-55(49(29-26-44(3)41-52(59)61-38-40-68(15,16)17)63-51(58)31-30-50(57)60-37-39-67(12,13)14)35-36-56(66-55)34-32-45(4)47(64-56)27-24-43(2)25-28-48(65-70(20,21)54(9,10)11)46(5)42-62-69(18,19)53(6,7)8/h24-26,28-29,41,45-49H,22-23,27,30-40,42H2,1-21H3/b28-25+,29-26+,43-24+,44-41+/t45-,46-,47+,48-,49-,55+,56-/m0/s1. The van der Waals surface area contributed by atoms with Gasteiger partial charge >= 0.3 is 17.9 Å². The number of hydrogen-bond donors (Lipinski definition) is 0. The van der Waals surface area contributed by atoms with E-state index in [0.29, 0.717) is 50.6 Å². The van der Waals surface area contributed by atoms with Crippen LogP contribution in [0.3, 0.4) is 0 Å². The molecule has 0 aliphatic carbocycles. The second kappa shape index (κ2) is 27.0. The van der Waals surface area contributed by atoms with E-state index >= 15 is 0 Å². The quantitative estimate of drug-likeness (QED) is 0.0259. The van der Waals surface area contributed by atoms with Crippen molar-refractivity contribution in [3.63, 3.8) is 0 Å². The first-order valence-corrected chi connectivity index (χ1v) is 40.1. The highest BCUT2D eigenvalue weighted by atomic mass is 28.4. The Labute approximate surface area is 432 Å². The Hall–Kier alpha value is -1.92. The molecule has 2 saturated heterocycles. The molecule has 0 unspecified atom stereocenters. The van der Waals surface area contributed by atoms with Crippen LogP contribution in [0.5, 0.6) is 0 Å². The van der Waals surface area contributed by atoms with Crippen molar-refractivity contribution in [2.75, 3.05) is 19.8 Å². The highest BCUT2D eigenvalue weighted by Gasteiger charge is 2.56. The van der Waals surface area contributed by atoms with Crippen LogP contribution in [0, 0.1) is 11.8 Å². The SMILES string of the molecule is CCCC[C@]1([C@H](/C=C/C(C)=C/C(=O)OCC[Si](C)(C)C)OC(=O)CCC(=O)OCC[Si](C)(C)C)CC[C@]2(CC[C@H](C)[C@@H](C/C=C(C)/C=C/[C@H](O[Si](C)(C)C(C)(C)C)[C@@H](C)CO[Si](C)(C)C(C)(C)C)O2)O1. The lowest BCUT2D eigenvalue weighted by atomic mass is 9.85. The molecule has 10 nitrogen and oxygen atoms in total. The number of unbranched alkanes of at least 4 members (excludes halogenated alkanes) is 1. The predicted molar refractivity (Wildman–Crippen MR) is 301 cm³/mol. The first-order chi connectivity index (χ1) is 31.9. The van der Waals surface area contributed by atoms with Crippen LogP contribution < -0.4 is 0 Å². The summed E-state index contributed by atoms with van der Waals surface area (Å²) in [5.74, 6) is -1.64. The van der Waals surface area contributed by atoms with Gasteiger partial charge in [0.25, 0.3) is 0 Å². The fraction of sp³-hybridized carbons (Fsp3) is 0.804. The Bertz CT molecular complexity index is 1790. The molecule has 7 atom stereocenters. The summed E-state index contributed by atoms with van der Waals surface area (Å²) in [6.07, 6.45) is 16.9. The average Bonchev–Trinajstić information content (AvgIpc) is 3.58. The van der Waals surface area contributed by atoms with Crippen molar-refractivity contribution in [2.45, 2.75) is 258 Å². The van der Waals surface area contributed by atoms with Gasteiger partial charge in [-0.1, -0.05) is 144 Å². The normalized spacial score (nSPS) is 23.8. The van der Waals surface area contributed by atoms with Crippen LogP contribution in [0.2, 0.25) is 87.6 Å². The fourth-order valence-corrected chi connectivity index (χ4v) is 11.8.